The van der Waals surface area contributed by atoms with E-state index in [9.17, 15) is 0 Å². The minimum absolute atomic E-state index is 0.387. The monoisotopic (exact) mass is 280 g/mol. The summed E-state index contributed by atoms with van der Waals surface area (Å²) in [6, 6.07) is 2.20. The Kier molecular flexibility index (Phi) is 4.74. The van der Waals surface area contributed by atoms with Gasteiger partial charge in [0.05, 0.1) is 6.54 Å². The molecule has 2 N–H and O–H groups in total. The molecular weight excluding hydrogens is 260 g/mol. The topological polar surface area (TPSA) is 29.3 Å². The Labute approximate surface area is 118 Å². The van der Waals surface area contributed by atoms with Gasteiger partial charge in [-0.3, -0.25) is 4.90 Å². The van der Waals surface area contributed by atoms with Gasteiger partial charge in [0.2, 0.25) is 0 Å². The number of hydrogen-bond donors (Lipinski definition) is 1. The molecule has 1 saturated heterocycles. The highest BCUT2D eigenvalue weighted by Gasteiger charge is 2.26. The summed E-state index contributed by atoms with van der Waals surface area (Å²) in [6.07, 6.45) is 0. The summed E-state index contributed by atoms with van der Waals surface area (Å²) in [7, 11) is 0. The molecule has 0 spiro atoms. The molecule has 0 radical (unpaired) electrons. The Hall–Kier alpha value is -0.470. The smallest absolute Gasteiger partial charge is 0.0555 e. The van der Waals surface area contributed by atoms with Crippen molar-refractivity contribution in [2.45, 2.75) is 25.1 Å². The SMILES string of the molecule is CC1(C)CN(Cc2cc(C#CCN)cs2)CCS1. The summed E-state index contributed by atoms with van der Waals surface area (Å²) >= 11 is 3.88. The van der Waals surface area contributed by atoms with Gasteiger partial charge < -0.3 is 5.73 Å². The van der Waals surface area contributed by atoms with Gasteiger partial charge in [0.1, 0.15) is 0 Å². The van der Waals surface area contributed by atoms with Crippen LogP contribution in [0.5, 0.6) is 0 Å². The highest BCUT2D eigenvalue weighted by Crippen LogP contribution is 2.30. The maximum absolute atomic E-state index is 5.38. The molecule has 2 heterocycles. The van der Waals surface area contributed by atoms with E-state index in [1.807, 2.05) is 0 Å². The highest BCUT2D eigenvalue weighted by atomic mass is 32.2. The first-order valence-electron chi connectivity index (χ1n) is 6.22. The van der Waals surface area contributed by atoms with Crippen LogP contribution in [0.15, 0.2) is 11.4 Å². The molecule has 0 atom stereocenters. The van der Waals surface area contributed by atoms with Crippen LogP contribution in [0.4, 0.5) is 0 Å². The van der Waals surface area contributed by atoms with Crippen LogP contribution in [-0.4, -0.2) is 35.0 Å². The van der Waals surface area contributed by atoms with Gasteiger partial charge in [-0.25, -0.2) is 0 Å². The lowest BCUT2D eigenvalue weighted by molar-refractivity contribution is 0.254. The van der Waals surface area contributed by atoms with E-state index in [0.717, 1.165) is 12.1 Å². The average molecular weight is 280 g/mol. The quantitative estimate of drug-likeness (QED) is 0.844. The molecule has 1 aliphatic heterocycles. The van der Waals surface area contributed by atoms with Gasteiger partial charge in [0.15, 0.2) is 0 Å². The third-order valence-electron chi connectivity index (χ3n) is 2.87. The van der Waals surface area contributed by atoms with Gasteiger partial charge in [-0.05, 0) is 19.9 Å². The normalized spacial score (nSPS) is 19.3. The zero-order valence-corrected chi connectivity index (χ0v) is 12.7. The van der Waals surface area contributed by atoms with Crippen LogP contribution in [0.1, 0.15) is 24.3 Å². The lowest BCUT2D eigenvalue weighted by Crippen LogP contribution is -2.42. The van der Waals surface area contributed by atoms with E-state index in [0.29, 0.717) is 11.3 Å². The van der Waals surface area contributed by atoms with Crippen molar-refractivity contribution in [3.63, 3.8) is 0 Å². The van der Waals surface area contributed by atoms with Gasteiger partial charge in [0.25, 0.3) is 0 Å². The number of nitrogens with two attached hydrogens (primary N) is 1. The van der Waals surface area contributed by atoms with E-state index < -0.39 is 0 Å². The van der Waals surface area contributed by atoms with Crippen LogP contribution >= 0.6 is 23.1 Å². The molecular formula is C14H20N2S2. The Morgan fingerprint density at radius 3 is 3.06 bits per heavy atom. The van der Waals surface area contributed by atoms with Crippen LogP contribution in [0.3, 0.4) is 0 Å². The molecule has 0 saturated carbocycles. The third-order valence-corrected chi connectivity index (χ3v) is 5.09. The molecule has 1 fully saturated rings. The maximum Gasteiger partial charge on any atom is 0.0555 e. The Balaban J connectivity index is 1.95. The minimum atomic E-state index is 0.387. The summed E-state index contributed by atoms with van der Waals surface area (Å²) in [5.74, 6) is 7.23. The first-order chi connectivity index (χ1) is 8.59. The van der Waals surface area contributed by atoms with Crippen LogP contribution in [0, 0.1) is 11.8 Å². The number of rotatable bonds is 2. The van der Waals surface area contributed by atoms with E-state index in [2.05, 4.69) is 53.8 Å². The fourth-order valence-electron chi connectivity index (χ4n) is 2.15. The summed E-state index contributed by atoms with van der Waals surface area (Å²) in [4.78, 5) is 3.95. The standard InChI is InChI=1S/C14H20N2S2/c1-14(2)11-16(6-7-18-14)9-13-8-12(10-17-13)4-3-5-15/h8,10H,5-7,9,11,15H2,1-2H3. The van der Waals surface area contributed by atoms with Crippen molar-refractivity contribution in [2.75, 3.05) is 25.4 Å². The molecule has 0 unspecified atom stereocenters. The Bertz CT molecular complexity index is 454. The second kappa shape index (κ2) is 6.12. The van der Waals surface area contributed by atoms with Crippen LogP contribution in [0.2, 0.25) is 0 Å². The largest absolute Gasteiger partial charge is 0.320 e. The van der Waals surface area contributed by atoms with E-state index in [-0.39, 0.29) is 0 Å². The lowest BCUT2D eigenvalue weighted by atomic mass is 10.2. The Morgan fingerprint density at radius 1 is 1.50 bits per heavy atom. The molecule has 2 rings (SSSR count). The van der Waals surface area contributed by atoms with Gasteiger partial charge in [-0.1, -0.05) is 11.8 Å². The summed E-state index contributed by atoms with van der Waals surface area (Å²) < 4.78 is 0.387. The molecule has 0 aromatic carbocycles. The van der Waals surface area contributed by atoms with E-state index >= 15 is 0 Å². The van der Waals surface area contributed by atoms with Crippen LogP contribution < -0.4 is 5.73 Å². The predicted molar refractivity (Wildman–Crippen MR) is 82.1 cm³/mol. The van der Waals surface area contributed by atoms with Crippen molar-refractivity contribution in [3.8, 4) is 11.8 Å². The number of hydrogen-bond acceptors (Lipinski definition) is 4. The highest BCUT2D eigenvalue weighted by molar-refractivity contribution is 8.00. The average Bonchev–Trinajstić information content (AvgIpc) is 2.73. The number of nitrogens with zero attached hydrogens (tertiary/aromatic N) is 1. The first-order valence-corrected chi connectivity index (χ1v) is 8.08. The minimum Gasteiger partial charge on any atom is -0.320 e. The zero-order chi connectivity index (χ0) is 13.0. The number of thioether (sulfide) groups is 1. The fourth-order valence-corrected chi connectivity index (χ4v) is 4.19. The van der Waals surface area contributed by atoms with Crippen molar-refractivity contribution in [1.82, 2.24) is 4.90 Å². The summed E-state index contributed by atoms with van der Waals surface area (Å²) in [5.41, 5.74) is 6.48. The van der Waals surface area contributed by atoms with Crippen molar-refractivity contribution >= 4 is 23.1 Å². The molecule has 0 amide bonds. The second-order valence-electron chi connectivity index (χ2n) is 5.13. The molecule has 98 valence electrons. The van der Waals surface area contributed by atoms with E-state index in [4.69, 9.17) is 5.73 Å². The molecule has 1 aromatic heterocycles. The molecule has 4 heteroatoms. The zero-order valence-electron chi connectivity index (χ0n) is 11.0. The Morgan fingerprint density at radius 2 is 2.33 bits per heavy atom. The summed E-state index contributed by atoms with van der Waals surface area (Å²) in [5, 5.41) is 2.13. The molecule has 0 bridgehead atoms. The fraction of sp³-hybridized carbons (Fsp3) is 0.571. The van der Waals surface area contributed by atoms with Gasteiger partial charge >= 0.3 is 0 Å². The first kappa shape index (κ1) is 14.0. The second-order valence-corrected chi connectivity index (χ2v) is 7.92. The third kappa shape index (κ3) is 4.03. The molecule has 1 aromatic rings. The van der Waals surface area contributed by atoms with Gasteiger partial charge in [-0.15, -0.1) is 11.3 Å². The molecule has 0 aliphatic carbocycles. The maximum atomic E-state index is 5.38. The van der Waals surface area contributed by atoms with E-state index in [1.165, 1.54) is 23.7 Å². The summed E-state index contributed by atoms with van der Waals surface area (Å²) in [6.45, 7) is 8.50. The molecule has 18 heavy (non-hydrogen) atoms. The molecule has 1 aliphatic rings. The number of thiophene rings is 1. The lowest BCUT2D eigenvalue weighted by Gasteiger charge is -2.37. The van der Waals surface area contributed by atoms with Gasteiger partial charge in [-0.2, -0.15) is 11.8 Å². The predicted octanol–water partition coefficient (Wildman–Crippen LogP) is 2.39. The van der Waals surface area contributed by atoms with Crippen molar-refractivity contribution in [2.24, 2.45) is 5.73 Å². The van der Waals surface area contributed by atoms with Crippen molar-refractivity contribution in [1.29, 1.82) is 0 Å². The van der Waals surface area contributed by atoms with Crippen molar-refractivity contribution < 1.29 is 0 Å². The van der Waals surface area contributed by atoms with Crippen LogP contribution in [0.25, 0.3) is 0 Å². The van der Waals surface area contributed by atoms with Crippen LogP contribution in [-0.2, 0) is 6.54 Å². The van der Waals surface area contributed by atoms with Gasteiger partial charge in [0, 0.05) is 46.0 Å². The van der Waals surface area contributed by atoms with Crippen molar-refractivity contribution in [3.05, 3.63) is 21.9 Å². The molecule has 2 nitrogen and oxygen atoms in total. The van der Waals surface area contributed by atoms with E-state index in [1.54, 1.807) is 11.3 Å².